The van der Waals surface area contributed by atoms with Crippen LogP contribution in [0.15, 0.2) is 54.6 Å². The van der Waals surface area contributed by atoms with E-state index >= 15 is 0 Å². The summed E-state index contributed by atoms with van der Waals surface area (Å²) in [5.74, 6) is -0.385. The molecular formula is C16H13ClN2O2S. The molecule has 0 bridgehead atoms. The summed E-state index contributed by atoms with van der Waals surface area (Å²) in [5.41, 5.74) is 1.23. The summed E-state index contributed by atoms with van der Waals surface area (Å²) in [7, 11) is 0. The summed E-state index contributed by atoms with van der Waals surface area (Å²) in [5, 5.41) is 15.4. The van der Waals surface area contributed by atoms with Gasteiger partial charge in [0.05, 0.1) is 5.69 Å². The average Bonchev–Trinajstić information content (AvgIpc) is 2.50. The highest BCUT2D eigenvalue weighted by molar-refractivity contribution is 7.80. The van der Waals surface area contributed by atoms with Crippen LogP contribution in [-0.2, 0) is 4.79 Å². The van der Waals surface area contributed by atoms with E-state index in [0.29, 0.717) is 10.7 Å². The van der Waals surface area contributed by atoms with Crippen molar-refractivity contribution in [3.8, 4) is 5.75 Å². The lowest BCUT2D eigenvalue weighted by molar-refractivity contribution is -0.115. The van der Waals surface area contributed by atoms with Gasteiger partial charge in [-0.2, -0.15) is 0 Å². The second kappa shape index (κ2) is 7.59. The van der Waals surface area contributed by atoms with Crippen LogP contribution in [0.25, 0.3) is 6.08 Å². The number of halogens is 1. The first-order valence-corrected chi connectivity index (χ1v) is 7.17. The molecule has 1 amide bonds. The molecule has 0 atom stereocenters. The number of amides is 1. The number of thiocarbonyl (C=S) groups is 1. The topological polar surface area (TPSA) is 61.4 Å². The molecule has 0 fully saturated rings. The third-order valence-electron chi connectivity index (χ3n) is 2.67. The number of benzene rings is 2. The normalized spacial score (nSPS) is 10.4. The Hall–Kier alpha value is -2.37. The molecule has 0 aliphatic heterocycles. The van der Waals surface area contributed by atoms with Gasteiger partial charge in [-0.3, -0.25) is 10.1 Å². The van der Waals surface area contributed by atoms with Crippen molar-refractivity contribution in [2.45, 2.75) is 0 Å². The molecule has 0 spiro atoms. The van der Waals surface area contributed by atoms with Crippen molar-refractivity contribution < 1.29 is 9.90 Å². The van der Waals surface area contributed by atoms with Crippen molar-refractivity contribution >= 4 is 46.6 Å². The van der Waals surface area contributed by atoms with Crippen molar-refractivity contribution in [3.63, 3.8) is 0 Å². The molecule has 2 aromatic rings. The number of carbonyl (C=O) groups is 1. The van der Waals surface area contributed by atoms with Crippen molar-refractivity contribution in [2.24, 2.45) is 0 Å². The minimum Gasteiger partial charge on any atom is -0.506 e. The van der Waals surface area contributed by atoms with Crippen LogP contribution in [0.4, 0.5) is 5.69 Å². The summed E-state index contributed by atoms with van der Waals surface area (Å²) in [6.45, 7) is 0. The third-order valence-corrected chi connectivity index (χ3v) is 3.11. The Morgan fingerprint density at radius 2 is 1.91 bits per heavy atom. The first kappa shape index (κ1) is 16.0. The van der Waals surface area contributed by atoms with Gasteiger partial charge in [-0.1, -0.05) is 41.9 Å². The summed E-state index contributed by atoms with van der Waals surface area (Å²) in [4.78, 5) is 11.8. The van der Waals surface area contributed by atoms with Gasteiger partial charge in [-0.05, 0) is 42.1 Å². The molecule has 0 aromatic heterocycles. The summed E-state index contributed by atoms with van der Waals surface area (Å²) in [6, 6.07) is 13.9. The minimum atomic E-state index is -0.372. The predicted molar refractivity (Wildman–Crippen MR) is 93.0 cm³/mol. The number of nitrogens with one attached hydrogen (secondary N) is 2. The highest BCUT2D eigenvalue weighted by Gasteiger charge is 2.06. The fourth-order valence-corrected chi connectivity index (χ4v) is 2.03. The molecule has 3 N–H and O–H groups in total. The smallest absolute Gasteiger partial charge is 0.250 e. The third kappa shape index (κ3) is 4.87. The minimum absolute atomic E-state index is 0.0131. The second-order valence-corrected chi connectivity index (χ2v) is 5.19. The monoisotopic (exact) mass is 332 g/mol. The Labute approximate surface area is 138 Å². The maximum atomic E-state index is 11.8. The fourth-order valence-electron chi connectivity index (χ4n) is 1.65. The summed E-state index contributed by atoms with van der Waals surface area (Å²) in [6.07, 6.45) is 3.05. The first-order valence-electron chi connectivity index (χ1n) is 6.38. The highest BCUT2D eigenvalue weighted by atomic mass is 35.5. The van der Waals surface area contributed by atoms with Crippen LogP contribution in [-0.4, -0.2) is 16.1 Å². The van der Waals surface area contributed by atoms with Crippen LogP contribution >= 0.6 is 23.8 Å². The molecule has 0 saturated heterocycles. The molecule has 4 nitrogen and oxygen atoms in total. The largest absolute Gasteiger partial charge is 0.506 e. The van der Waals surface area contributed by atoms with Crippen molar-refractivity contribution in [1.29, 1.82) is 0 Å². The number of hydrogen-bond acceptors (Lipinski definition) is 3. The van der Waals surface area contributed by atoms with Gasteiger partial charge in [0, 0.05) is 11.1 Å². The molecule has 0 radical (unpaired) electrons. The first-order chi connectivity index (χ1) is 10.5. The fraction of sp³-hybridized carbons (Fsp3) is 0. The van der Waals surface area contributed by atoms with Gasteiger partial charge in [0.15, 0.2) is 5.11 Å². The van der Waals surface area contributed by atoms with E-state index in [-0.39, 0.29) is 16.8 Å². The molecule has 0 aliphatic carbocycles. The van der Waals surface area contributed by atoms with Crippen molar-refractivity contribution in [1.82, 2.24) is 5.32 Å². The van der Waals surface area contributed by atoms with Crippen LogP contribution in [0.1, 0.15) is 5.56 Å². The Balaban J connectivity index is 1.93. The number of anilines is 1. The number of aromatic hydroxyl groups is 1. The van der Waals surface area contributed by atoms with E-state index in [1.165, 1.54) is 18.2 Å². The lowest BCUT2D eigenvalue weighted by Gasteiger charge is -2.10. The lowest BCUT2D eigenvalue weighted by atomic mass is 10.2. The Morgan fingerprint density at radius 3 is 2.64 bits per heavy atom. The average molecular weight is 333 g/mol. The summed E-state index contributed by atoms with van der Waals surface area (Å²) >= 11 is 10.8. The van der Waals surface area contributed by atoms with E-state index in [4.69, 9.17) is 23.8 Å². The van der Waals surface area contributed by atoms with E-state index < -0.39 is 0 Å². The number of phenols is 1. The molecule has 112 valence electrons. The standard InChI is InChI=1S/C16H13ClN2O2S/c17-12-7-8-14(20)13(10-12)18-16(22)19-15(21)9-6-11-4-2-1-3-5-11/h1-10,20H,(H2,18,19,21,22)/b9-6+. The van der Waals surface area contributed by atoms with Gasteiger partial charge in [0.25, 0.3) is 0 Å². The maximum Gasteiger partial charge on any atom is 0.250 e. The van der Waals surface area contributed by atoms with E-state index in [1.807, 2.05) is 30.3 Å². The zero-order chi connectivity index (χ0) is 15.9. The number of phenolic OH excluding ortho intramolecular Hbond substituents is 1. The quantitative estimate of drug-likeness (QED) is 0.457. The molecular weight excluding hydrogens is 320 g/mol. The van der Waals surface area contributed by atoms with E-state index in [2.05, 4.69) is 10.6 Å². The van der Waals surface area contributed by atoms with Crippen LogP contribution in [0, 0.1) is 0 Å². The van der Waals surface area contributed by atoms with Crippen molar-refractivity contribution in [2.75, 3.05) is 5.32 Å². The van der Waals surface area contributed by atoms with E-state index in [0.717, 1.165) is 5.56 Å². The van der Waals surface area contributed by atoms with Gasteiger partial charge in [-0.25, -0.2) is 0 Å². The number of rotatable bonds is 3. The Morgan fingerprint density at radius 1 is 1.18 bits per heavy atom. The van der Waals surface area contributed by atoms with Crippen LogP contribution in [0.3, 0.4) is 0 Å². The molecule has 0 heterocycles. The lowest BCUT2D eigenvalue weighted by Crippen LogP contribution is -2.32. The number of hydrogen-bond donors (Lipinski definition) is 3. The van der Waals surface area contributed by atoms with Gasteiger partial charge < -0.3 is 10.4 Å². The number of carbonyl (C=O) groups excluding carboxylic acids is 1. The SMILES string of the molecule is O=C(/C=C/c1ccccc1)NC(=S)Nc1cc(Cl)ccc1O. The van der Waals surface area contributed by atoms with E-state index in [9.17, 15) is 9.90 Å². The Kier molecular flexibility index (Phi) is 5.52. The van der Waals surface area contributed by atoms with Gasteiger partial charge >= 0.3 is 0 Å². The maximum absolute atomic E-state index is 11.8. The summed E-state index contributed by atoms with van der Waals surface area (Å²) < 4.78 is 0. The van der Waals surface area contributed by atoms with E-state index in [1.54, 1.807) is 12.1 Å². The predicted octanol–water partition coefficient (Wildman–Crippen LogP) is 3.57. The van der Waals surface area contributed by atoms with Crippen molar-refractivity contribution in [3.05, 3.63) is 65.2 Å². The molecule has 0 aliphatic rings. The van der Waals surface area contributed by atoms with Gasteiger partial charge in [-0.15, -0.1) is 0 Å². The molecule has 0 saturated carbocycles. The van der Waals surface area contributed by atoms with Crippen LogP contribution < -0.4 is 10.6 Å². The van der Waals surface area contributed by atoms with Crippen LogP contribution in [0.5, 0.6) is 5.75 Å². The Bertz CT molecular complexity index is 717. The highest BCUT2D eigenvalue weighted by Crippen LogP contribution is 2.26. The van der Waals surface area contributed by atoms with Gasteiger partial charge in [0.1, 0.15) is 5.75 Å². The zero-order valence-corrected chi connectivity index (χ0v) is 13.0. The molecule has 2 rings (SSSR count). The zero-order valence-electron chi connectivity index (χ0n) is 11.4. The van der Waals surface area contributed by atoms with Crippen LogP contribution in [0.2, 0.25) is 5.02 Å². The molecule has 2 aromatic carbocycles. The molecule has 6 heteroatoms. The van der Waals surface area contributed by atoms with Gasteiger partial charge in [0.2, 0.25) is 5.91 Å². The second-order valence-electron chi connectivity index (χ2n) is 4.35. The molecule has 0 unspecified atom stereocenters. The molecule has 22 heavy (non-hydrogen) atoms.